The fraction of sp³-hybridized carbons (Fsp3) is 0.667. The lowest BCUT2D eigenvalue weighted by atomic mass is 10.4. The number of carboxylic acid groups (broad SMARTS) is 1. The van der Waals surface area contributed by atoms with Crippen molar-refractivity contribution in [1.29, 1.82) is 0 Å². The van der Waals surface area contributed by atoms with E-state index in [2.05, 4.69) is 5.32 Å². The second-order valence-corrected chi connectivity index (χ2v) is 4.70. The van der Waals surface area contributed by atoms with Crippen LogP contribution in [0.2, 0.25) is 0 Å². The highest BCUT2D eigenvalue weighted by Gasteiger charge is 2.10. The minimum absolute atomic E-state index is 0.0519. The third kappa shape index (κ3) is 8.80. The van der Waals surface area contributed by atoms with E-state index in [4.69, 9.17) is 5.11 Å². The Balaban J connectivity index is 3.71. The third-order valence-corrected chi connectivity index (χ3v) is 1.84. The van der Waals surface area contributed by atoms with Crippen molar-refractivity contribution >= 4 is 21.7 Å². The van der Waals surface area contributed by atoms with E-state index in [1.54, 1.807) is 0 Å². The molecule has 7 heteroatoms. The molecule has 0 aliphatic carbocycles. The highest BCUT2D eigenvalue weighted by molar-refractivity contribution is 7.91. The number of hydrogen-bond donors (Lipinski definition) is 2. The van der Waals surface area contributed by atoms with E-state index >= 15 is 0 Å². The van der Waals surface area contributed by atoms with Gasteiger partial charge in [0.25, 0.3) is 0 Å². The summed E-state index contributed by atoms with van der Waals surface area (Å²) in [6, 6.07) is 0. The number of carboxylic acids is 1. The predicted octanol–water partition coefficient (Wildman–Crippen LogP) is -1.38. The minimum atomic E-state index is -3.33. The van der Waals surface area contributed by atoms with Gasteiger partial charge in [-0.1, -0.05) is 0 Å². The summed E-state index contributed by atoms with van der Waals surface area (Å²) in [7, 11) is -3.33. The largest absolute Gasteiger partial charge is 0.481 e. The molecule has 0 aromatic rings. The average Bonchev–Trinajstić information content (AvgIpc) is 1.81. The van der Waals surface area contributed by atoms with E-state index in [-0.39, 0.29) is 13.0 Å². The van der Waals surface area contributed by atoms with Crippen molar-refractivity contribution in [1.82, 2.24) is 5.32 Å². The zero-order chi connectivity index (χ0) is 10.5. The van der Waals surface area contributed by atoms with Crippen molar-refractivity contribution < 1.29 is 23.1 Å². The van der Waals surface area contributed by atoms with Gasteiger partial charge in [-0.2, -0.15) is 0 Å². The highest BCUT2D eigenvalue weighted by Crippen LogP contribution is 1.82. The normalized spacial score (nSPS) is 10.8. The van der Waals surface area contributed by atoms with E-state index < -0.39 is 27.5 Å². The Morgan fingerprint density at radius 1 is 1.38 bits per heavy atom. The van der Waals surface area contributed by atoms with Crippen LogP contribution in [0, 0.1) is 0 Å². The first-order chi connectivity index (χ1) is 5.81. The van der Waals surface area contributed by atoms with Gasteiger partial charge in [-0.15, -0.1) is 0 Å². The fourth-order valence-corrected chi connectivity index (χ4v) is 1.18. The lowest BCUT2D eigenvalue weighted by molar-refractivity contribution is -0.136. The molecule has 0 atom stereocenters. The van der Waals surface area contributed by atoms with E-state index in [0.717, 1.165) is 6.26 Å². The number of nitrogens with one attached hydrogen (secondary N) is 1. The van der Waals surface area contributed by atoms with E-state index in [1.807, 2.05) is 0 Å². The van der Waals surface area contributed by atoms with E-state index in [9.17, 15) is 18.0 Å². The number of amides is 1. The van der Waals surface area contributed by atoms with Crippen LogP contribution in [0.5, 0.6) is 0 Å². The van der Waals surface area contributed by atoms with Crippen LogP contribution in [0.3, 0.4) is 0 Å². The maximum Gasteiger partial charge on any atom is 0.305 e. The number of hydrogen-bond acceptors (Lipinski definition) is 4. The van der Waals surface area contributed by atoms with Gasteiger partial charge in [-0.3, -0.25) is 9.59 Å². The molecular formula is C6H11NO5S. The van der Waals surface area contributed by atoms with Gasteiger partial charge >= 0.3 is 5.97 Å². The van der Waals surface area contributed by atoms with Crippen molar-refractivity contribution in [3.8, 4) is 0 Å². The van der Waals surface area contributed by atoms with Gasteiger partial charge in [0.1, 0.15) is 5.75 Å². The summed E-state index contributed by atoms with van der Waals surface area (Å²) in [5.74, 6) is -2.32. The lowest BCUT2D eigenvalue weighted by Crippen LogP contribution is -2.31. The average molecular weight is 209 g/mol. The molecule has 0 radical (unpaired) electrons. The molecule has 0 unspecified atom stereocenters. The molecule has 0 saturated heterocycles. The third-order valence-electron chi connectivity index (χ3n) is 1.05. The number of carbonyl (C=O) groups is 2. The molecule has 13 heavy (non-hydrogen) atoms. The first-order valence-electron chi connectivity index (χ1n) is 3.47. The Bertz CT molecular complexity index is 294. The van der Waals surface area contributed by atoms with Crippen LogP contribution in [0.4, 0.5) is 0 Å². The summed E-state index contributed by atoms with van der Waals surface area (Å²) in [6.07, 6.45) is 0.722. The van der Waals surface area contributed by atoms with Gasteiger partial charge in [-0.05, 0) is 0 Å². The van der Waals surface area contributed by atoms with Gasteiger partial charge in [0.2, 0.25) is 5.91 Å². The molecule has 0 bridgehead atoms. The molecule has 1 amide bonds. The van der Waals surface area contributed by atoms with Crippen molar-refractivity contribution in [2.45, 2.75) is 6.42 Å². The molecule has 2 N–H and O–H groups in total. The highest BCUT2D eigenvalue weighted by atomic mass is 32.2. The Morgan fingerprint density at radius 2 is 1.92 bits per heavy atom. The SMILES string of the molecule is CS(=O)(=O)CC(=O)NCCC(=O)O. The quantitative estimate of drug-likeness (QED) is 0.581. The molecule has 0 aromatic heterocycles. The van der Waals surface area contributed by atoms with Crippen molar-refractivity contribution in [3.05, 3.63) is 0 Å². The Labute approximate surface area is 75.9 Å². The van der Waals surface area contributed by atoms with Crippen molar-refractivity contribution in [2.75, 3.05) is 18.6 Å². The van der Waals surface area contributed by atoms with Crippen molar-refractivity contribution in [3.63, 3.8) is 0 Å². The topological polar surface area (TPSA) is 101 Å². The molecule has 76 valence electrons. The van der Waals surface area contributed by atoms with Gasteiger partial charge in [0.15, 0.2) is 9.84 Å². The smallest absolute Gasteiger partial charge is 0.305 e. The molecule has 0 rings (SSSR count). The van der Waals surface area contributed by atoms with Crippen LogP contribution in [0.25, 0.3) is 0 Å². The summed E-state index contributed by atoms with van der Waals surface area (Å²) in [5.41, 5.74) is 0. The summed E-state index contributed by atoms with van der Waals surface area (Å²) in [4.78, 5) is 20.8. The number of carbonyl (C=O) groups excluding carboxylic acids is 1. The monoisotopic (exact) mass is 209 g/mol. The molecular weight excluding hydrogens is 198 g/mol. The number of rotatable bonds is 5. The second-order valence-electron chi connectivity index (χ2n) is 2.56. The van der Waals surface area contributed by atoms with Crippen LogP contribution in [-0.4, -0.2) is 44.0 Å². The zero-order valence-electron chi connectivity index (χ0n) is 7.11. The summed E-state index contributed by atoms with van der Waals surface area (Å²) in [5, 5.41) is 10.4. The first-order valence-corrected chi connectivity index (χ1v) is 5.53. The zero-order valence-corrected chi connectivity index (χ0v) is 7.93. The number of sulfone groups is 1. The molecule has 0 aliphatic heterocycles. The lowest BCUT2D eigenvalue weighted by Gasteiger charge is -2.00. The van der Waals surface area contributed by atoms with Gasteiger partial charge in [-0.25, -0.2) is 8.42 Å². The molecule has 0 heterocycles. The first kappa shape index (κ1) is 11.9. The van der Waals surface area contributed by atoms with E-state index in [1.165, 1.54) is 0 Å². The number of aliphatic carboxylic acids is 1. The maximum absolute atomic E-state index is 10.8. The van der Waals surface area contributed by atoms with Gasteiger partial charge in [0.05, 0.1) is 6.42 Å². The standard InChI is InChI=1S/C6H11NO5S/c1-13(11,12)4-5(8)7-3-2-6(9)10/h2-4H2,1H3,(H,7,8)(H,9,10). The second kappa shape index (κ2) is 4.80. The summed E-state index contributed by atoms with van der Waals surface area (Å²) < 4.78 is 21.1. The van der Waals surface area contributed by atoms with Crippen molar-refractivity contribution in [2.24, 2.45) is 0 Å². The minimum Gasteiger partial charge on any atom is -0.481 e. The Morgan fingerprint density at radius 3 is 2.31 bits per heavy atom. The van der Waals surface area contributed by atoms with Crippen LogP contribution < -0.4 is 5.32 Å². The molecule has 0 fully saturated rings. The summed E-state index contributed by atoms with van der Waals surface area (Å²) in [6.45, 7) is -0.0519. The molecule has 0 saturated carbocycles. The van der Waals surface area contributed by atoms with E-state index in [0.29, 0.717) is 0 Å². The summed E-state index contributed by atoms with van der Waals surface area (Å²) >= 11 is 0. The van der Waals surface area contributed by atoms with Crippen LogP contribution in [0.15, 0.2) is 0 Å². The Kier molecular flexibility index (Phi) is 4.39. The van der Waals surface area contributed by atoms with Crippen LogP contribution in [-0.2, 0) is 19.4 Å². The van der Waals surface area contributed by atoms with Gasteiger partial charge < -0.3 is 10.4 Å². The fourth-order valence-electron chi connectivity index (χ4n) is 0.598. The maximum atomic E-state index is 10.8. The Hall–Kier alpha value is -1.11. The molecule has 6 nitrogen and oxygen atoms in total. The molecule has 0 aliphatic rings. The van der Waals surface area contributed by atoms with Crippen LogP contribution in [0.1, 0.15) is 6.42 Å². The molecule has 0 aromatic carbocycles. The predicted molar refractivity (Wildman–Crippen MR) is 45.0 cm³/mol. The van der Waals surface area contributed by atoms with Crippen LogP contribution >= 0.6 is 0 Å². The molecule has 0 spiro atoms. The van der Waals surface area contributed by atoms with Gasteiger partial charge in [0, 0.05) is 12.8 Å².